The van der Waals surface area contributed by atoms with Gasteiger partial charge in [-0.25, -0.2) is 0 Å². The Hall–Kier alpha value is -0.0800. The molecule has 0 aromatic rings. The van der Waals surface area contributed by atoms with Crippen molar-refractivity contribution in [3.05, 3.63) is 0 Å². The second kappa shape index (κ2) is 5.72. The summed E-state index contributed by atoms with van der Waals surface area (Å²) >= 11 is 0. The summed E-state index contributed by atoms with van der Waals surface area (Å²) in [5, 5.41) is 0. The van der Waals surface area contributed by atoms with E-state index in [0.717, 1.165) is 19.4 Å². The van der Waals surface area contributed by atoms with Gasteiger partial charge in [-0.2, -0.15) is 0 Å². The van der Waals surface area contributed by atoms with Gasteiger partial charge in [-0.1, -0.05) is 26.7 Å². The molecule has 0 bridgehead atoms. The zero-order valence-electron chi connectivity index (χ0n) is 9.84. The first kappa shape index (κ1) is 12.0. The number of hydrogen-bond acceptors (Lipinski definition) is 2. The number of hydrogen-bond donors (Lipinski definition) is 0. The van der Waals surface area contributed by atoms with Crippen LogP contribution in [-0.2, 0) is 9.47 Å². The normalized spacial score (nSPS) is 32.4. The fraction of sp³-hybridized carbons (Fsp3) is 1.00. The molecule has 1 aliphatic rings. The Bertz CT molecular complexity index is 158. The van der Waals surface area contributed by atoms with Crippen molar-refractivity contribution in [1.82, 2.24) is 0 Å². The number of ether oxygens (including phenoxy) is 2. The summed E-state index contributed by atoms with van der Waals surface area (Å²) in [7, 11) is 1.78. The lowest BCUT2D eigenvalue weighted by molar-refractivity contribution is -0.240. The van der Waals surface area contributed by atoms with Crippen molar-refractivity contribution < 1.29 is 9.47 Å². The van der Waals surface area contributed by atoms with Gasteiger partial charge in [-0.15, -0.1) is 0 Å². The fourth-order valence-corrected chi connectivity index (χ4v) is 2.29. The third-order valence-corrected chi connectivity index (χ3v) is 3.35. The van der Waals surface area contributed by atoms with Crippen molar-refractivity contribution in [2.45, 2.75) is 58.2 Å². The van der Waals surface area contributed by atoms with Crippen molar-refractivity contribution in [3.8, 4) is 0 Å². The lowest BCUT2D eigenvalue weighted by atomic mass is 10.1. The van der Waals surface area contributed by atoms with Gasteiger partial charge in [0.2, 0.25) is 0 Å². The van der Waals surface area contributed by atoms with Crippen molar-refractivity contribution >= 4 is 0 Å². The Labute approximate surface area is 88.0 Å². The molecule has 84 valence electrons. The Morgan fingerprint density at radius 2 is 2.14 bits per heavy atom. The van der Waals surface area contributed by atoms with Crippen LogP contribution in [-0.4, -0.2) is 19.5 Å². The van der Waals surface area contributed by atoms with Gasteiger partial charge in [0.05, 0.1) is 6.61 Å². The van der Waals surface area contributed by atoms with Gasteiger partial charge in [-0.3, -0.25) is 0 Å². The third kappa shape index (κ3) is 2.71. The van der Waals surface area contributed by atoms with Crippen molar-refractivity contribution in [3.63, 3.8) is 0 Å². The topological polar surface area (TPSA) is 18.5 Å². The summed E-state index contributed by atoms with van der Waals surface area (Å²) in [5.74, 6) is 0.294. The molecule has 0 spiro atoms. The van der Waals surface area contributed by atoms with Crippen molar-refractivity contribution in [2.75, 3.05) is 13.7 Å². The van der Waals surface area contributed by atoms with Crippen LogP contribution in [0.15, 0.2) is 0 Å². The van der Waals surface area contributed by atoms with Crippen LogP contribution in [0.3, 0.4) is 0 Å². The fourth-order valence-electron chi connectivity index (χ4n) is 2.29. The molecule has 0 amide bonds. The van der Waals surface area contributed by atoms with E-state index in [1.807, 2.05) is 0 Å². The third-order valence-electron chi connectivity index (χ3n) is 3.35. The van der Waals surface area contributed by atoms with E-state index in [1.54, 1.807) is 7.11 Å². The van der Waals surface area contributed by atoms with Gasteiger partial charge in [-0.05, 0) is 19.3 Å². The smallest absolute Gasteiger partial charge is 0.170 e. The second-order valence-corrected chi connectivity index (χ2v) is 4.36. The first-order valence-electron chi connectivity index (χ1n) is 5.94. The zero-order valence-corrected chi connectivity index (χ0v) is 9.84. The van der Waals surface area contributed by atoms with Gasteiger partial charge in [0.15, 0.2) is 5.79 Å². The molecule has 2 nitrogen and oxygen atoms in total. The minimum atomic E-state index is -0.256. The summed E-state index contributed by atoms with van der Waals surface area (Å²) in [5.41, 5.74) is 0. The number of rotatable bonds is 6. The first-order valence-corrected chi connectivity index (χ1v) is 5.94. The molecule has 0 saturated heterocycles. The quantitative estimate of drug-likeness (QED) is 0.483. The lowest BCUT2D eigenvalue weighted by Crippen LogP contribution is -2.37. The average molecular weight is 200 g/mol. The molecule has 0 aliphatic heterocycles. The molecule has 1 saturated carbocycles. The van der Waals surface area contributed by atoms with Crippen molar-refractivity contribution in [2.24, 2.45) is 5.92 Å². The molecule has 1 rings (SSSR count). The predicted molar refractivity (Wildman–Crippen MR) is 58.2 cm³/mol. The van der Waals surface area contributed by atoms with E-state index in [-0.39, 0.29) is 5.79 Å². The standard InChI is InChI=1S/C12H24O2/c1-4-5-6-10-14-12(13-3)9-7-8-11(12)2/h11H,4-10H2,1-3H3. The van der Waals surface area contributed by atoms with Crippen LogP contribution in [0.5, 0.6) is 0 Å². The Morgan fingerprint density at radius 1 is 1.36 bits per heavy atom. The van der Waals surface area contributed by atoms with E-state index in [1.165, 1.54) is 25.7 Å². The van der Waals surface area contributed by atoms with Crippen LogP contribution in [0, 0.1) is 5.92 Å². The maximum Gasteiger partial charge on any atom is 0.170 e. The van der Waals surface area contributed by atoms with Crippen LogP contribution in [0.25, 0.3) is 0 Å². The molecule has 0 aromatic carbocycles. The zero-order chi connectivity index (χ0) is 10.4. The van der Waals surface area contributed by atoms with E-state index >= 15 is 0 Å². The highest BCUT2D eigenvalue weighted by Gasteiger charge is 2.41. The Morgan fingerprint density at radius 3 is 2.64 bits per heavy atom. The molecular weight excluding hydrogens is 176 g/mol. The van der Waals surface area contributed by atoms with E-state index in [2.05, 4.69) is 13.8 Å². The minimum Gasteiger partial charge on any atom is -0.353 e. The Kier molecular flexibility index (Phi) is 4.90. The largest absolute Gasteiger partial charge is 0.353 e. The molecule has 2 heteroatoms. The van der Waals surface area contributed by atoms with Crippen molar-refractivity contribution in [1.29, 1.82) is 0 Å². The molecule has 1 aliphatic carbocycles. The summed E-state index contributed by atoms with van der Waals surface area (Å²) in [6.45, 7) is 5.30. The molecule has 2 atom stereocenters. The first-order chi connectivity index (χ1) is 6.75. The maximum absolute atomic E-state index is 5.93. The van der Waals surface area contributed by atoms with Gasteiger partial charge < -0.3 is 9.47 Å². The Balaban J connectivity index is 2.30. The molecule has 0 radical (unpaired) electrons. The van der Waals surface area contributed by atoms with E-state index in [9.17, 15) is 0 Å². The molecular formula is C12H24O2. The average Bonchev–Trinajstić information content (AvgIpc) is 2.56. The molecule has 0 heterocycles. The highest BCUT2D eigenvalue weighted by molar-refractivity contribution is 4.83. The molecule has 14 heavy (non-hydrogen) atoms. The van der Waals surface area contributed by atoms with E-state index < -0.39 is 0 Å². The highest BCUT2D eigenvalue weighted by atomic mass is 16.7. The SMILES string of the molecule is CCCCCOC1(OC)CCCC1C. The van der Waals surface area contributed by atoms with Crippen LogP contribution >= 0.6 is 0 Å². The summed E-state index contributed by atoms with van der Waals surface area (Å²) in [6.07, 6.45) is 7.21. The van der Waals surface area contributed by atoms with Crippen LogP contribution in [0.4, 0.5) is 0 Å². The number of methoxy groups -OCH3 is 1. The van der Waals surface area contributed by atoms with E-state index in [0.29, 0.717) is 5.92 Å². The van der Waals surface area contributed by atoms with Gasteiger partial charge in [0, 0.05) is 19.4 Å². The number of unbranched alkanes of at least 4 members (excludes halogenated alkanes) is 2. The molecule has 1 fully saturated rings. The minimum absolute atomic E-state index is 0.256. The highest BCUT2D eigenvalue weighted by Crippen LogP contribution is 2.39. The van der Waals surface area contributed by atoms with Crippen LogP contribution < -0.4 is 0 Å². The monoisotopic (exact) mass is 200 g/mol. The molecule has 0 N–H and O–H groups in total. The van der Waals surface area contributed by atoms with Gasteiger partial charge >= 0.3 is 0 Å². The lowest BCUT2D eigenvalue weighted by Gasteiger charge is -2.32. The van der Waals surface area contributed by atoms with Crippen LogP contribution in [0.2, 0.25) is 0 Å². The maximum atomic E-state index is 5.93. The molecule has 0 aromatic heterocycles. The summed E-state index contributed by atoms with van der Waals surface area (Å²) < 4.78 is 11.5. The summed E-state index contributed by atoms with van der Waals surface area (Å²) in [6, 6.07) is 0. The van der Waals surface area contributed by atoms with Gasteiger partial charge in [0.1, 0.15) is 0 Å². The molecule has 2 unspecified atom stereocenters. The summed E-state index contributed by atoms with van der Waals surface area (Å²) in [4.78, 5) is 0. The second-order valence-electron chi connectivity index (χ2n) is 4.36. The predicted octanol–water partition coefficient (Wildman–Crippen LogP) is 3.36. The van der Waals surface area contributed by atoms with Crippen LogP contribution in [0.1, 0.15) is 52.4 Å². The van der Waals surface area contributed by atoms with Gasteiger partial charge in [0.25, 0.3) is 0 Å². The van der Waals surface area contributed by atoms with E-state index in [4.69, 9.17) is 9.47 Å².